The van der Waals surface area contributed by atoms with Gasteiger partial charge in [-0.1, -0.05) is 17.8 Å². The number of benzene rings is 1. The Hall–Kier alpha value is -1.33. The van der Waals surface area contributed by atoms with Crippen molar-refractivity contribution in [3.05, 3.63) is 40.9 Å². The summed E-state index contributed by atoms with van der Waals surface area (Å²) >= 11 is 3.00. The second-order valence-corrected chi connectivity index (χ2v) is 5.83. The number of ether oxygens (including phenoxy) is 1. The summed E-state index contributed by atoms with van der Waals surface area (Å²) < 4.78 is 6.15. The minimum Gasteiger partial charge on any atom is -0.496 e. The van der Waals surface area contributed by atoms with E-state index in [2.05, 4.69) is 4.98 Å². The highest BCUT2D eigenvalue weighted by molar-refractivity contribution is 8.01. The minimum absolute atomic E-state index is 0.0621. The van der Waals surface area contributed by atoms with Crippen molar-refractivity contribution in [1.82, 2.24) is 4.98 Å². The summed E-state index contributed by atoms with van der Waals surface area (Å²) in [6.45, 7) is 1.97. The van der Waals surface area contributed by atoms with Crippen molar-refractivity contribution in [2.24, 2.45) is 0 Å². The van der Waals surface area contributed by atoms with Gasteiger partial charge in [-0.05, 0) is 24.6 Å². The normalized spacial score (nSPS) is 10.3. The number of carbonyl (C=O) groups is 1. The van der Waals surface area contributed by atoms with Gasteiger partial charge in [0.05, 0.1) is 18.4 Å². The quantitative estimate of drug-likeness (QED) is 0.621. The van der Waals surface area contributed by atoms with Gasteiger partial charge in [0, 0.05) is 11.6 Å². The SMILES string of the molecule is COc1cc(C)ccc1C(=O)CSc1nccs1. The molecule has 1 heterocycles. The third kappa shape index (κ3) is 3.11. The first-order chi connectivity index (χ1) is 8.70. The lowest BCUT2D eigenvalue weighted by Gasteiger charge is -2.07. The lowest BCUT2D eigenvalue weighted by atomic mass is 10.1. The van der Waals surface area contributed by atoms with E-state index < -0.39 is 0 Å². The lowest BCUT2D eigenvalue weighted by Crippen LogP contribution is -2.05. The van der Waals surface area contributed by atoms with Crippen molar-refractivity contribution in [3.8, 4) is 5.75 Å². The molecule has 0 amide bonds. The van der Waals surface area contributed by atoms with Gasteiger partial charge in [-0.25, -0.2) is 4.98 Å². The monoisotopic (exact) mass is 279 g/mol. The van der Waals surface area contributed by atoms with E-state index in [1.165, 1.54) is 11.8 Å². The van der Waals surface area contributed by atoms with Crippen molar-refractivity contribution in [1.29, 1.82) is 0 Å². The zero-order valence-electron chi connectivity index (χ0n) is 10.2. The first-order valence-electron chi connectivity index (χ1n) is 5.41. The molecule has 0 saturated heterocycles. The highest BCUT2D eigenvalue weighted by atomic mass is 32.2. The number of thiazole rings is 1. The Morgan fingerprint density at radius 1 is 1.50 bits per heavy atom. The predicted octanol–water partition coefficient (Wildman–Crippen LogP) is 3.44. The van der Waals surface area contributed by atoms with Crippen LogP contribution in [0.4, 0.5) is 0 Å². The highest BCUT2D eigenvalue weighted by Gasteiger charge is 2.13. The molecule has 0 aliphatic heterocycles. The van der Waals surface area contributed by atoms with E-state index >= 15 is 0 Å². The second-order valence-electron chi connectivity index (χ2n) is 3.71. The van der Waals surface area contributed by atoms with Crippen LogP contribution >= 0.6 is 23.1 Å². The van der Waals surface area contributed by atoms with Gasteiger partial charge in [0.15, 0.2) is 5.78 Å². The standard InChI is InChI=1S/C13H13NO2S2/c1-9-3-4-10(12(7-9)16-2)11(15)8-18-13-14-5-6-17-13/h3-7H,8H2,1-2H3. The maximum absolute atomic E-state index is 12.1. The zero-order chi connectivity index (χ0) is 13.0. The number of Topliss-reactive ketones (excluding diaryl/α,β-unsaturated/α-hetero) is 1. The van der Waals surface area contributed by atoms with E-state index in [1.54, 1.807) is 24.6 Å². The van der Waals surface area contributed by atoms with Gasteiger partial charge in [-0.2, -0.15) is 0 Å². The van der Waals surface area contributed by atoms with Gasteiger partial charge < -0.3 is 4.74 Å². The van der Waals surface area contributed by atoms with Crippen LogP contribution in [0.3, 0.4) is 0 Å². The average Bonchev–Trinajstić information content (AvgIpc) is 2.88. The van der Waals surface area contributed by atoms with Crippen molar-refractivity contribution >= 4 is 28.9 Å². The molecule has 0 radical (unpaired) electrons. The molecule has 0 atom stereocenters. The molecule has 1 aromatic heterocycles. The van der Waals surface area contributed by atoms with Gasteiger partial charge >= 0.3 is 0 Å². The molecule has 0 fully saturated rings. The molecule has 0 aliphatic carbocycles. The second kappa shape index (κ2) is 6.02. The molecule has 3 nitrogen and oxygen atoms in total. The van der Waals surface area contributed by atoms with Crippen LogP contribution < -0.4 is 4.74 Å². The van der Waals surface area contributed by atoms with Crippen molar-refractivity contribution in [2.75, 3.05) is 12.9 Å². The molecule has 0 bridgehead atoms. The Kier molecular flexibility index (Phi) is 4.38. The molecule has 0 N–H and O–H groups in total. The van der Waals surface area contributed by atoms with Crippen LogP contribution in [-0.2, 0) is 0 Å². The number of thioether (sulfide) groups is 1. The molecule has 2 rings (SSSR count). The molecule has 0 aliphatic rings. The maximum atomic E-state index is 12.1. The van der Waals surface area contributed by atoms with Crippen LogP contribution in [0.25, 0.3) is 0 Å². The first-order valence-corrected chi connectivity index (χ1v) is 7.27. The largest absolute Gasteiger partial charge is 0.496 e. The molecular weight excluding hydrogens is 266 g/mol. The molecule has 0 spiro atoms. The fraction of sp³-hybridized carbons (Fsp3) is 0.231. The predicted molar refractivity (Wildman–Crippen MR) is 74.9 cm³/mol. The fourth-order valence-corrected chi connectivity index (χ4v) is 3.04. The number of hydrogen-bond donors (Lipinski definition) is 0. The van der Waals surface area contributed by atoms with Crippen molar-refractivity contribution in [3.63, 3.8) is 0 Å². The van der Waals surface area contributed by atoms with Gasteiger partial charge in [-0.3, -0.25) is 4.79 Å². The number of aromatic nitrogens is 1. The van der Waals surface area contributed by atoms with Gasteiger partial charge in [0.2, 0.25) is 0 Å². The van der Waals surface area contributed by atoms with E-state index in [-0.39, 0.29) is 5.78 Å². The number of aryl methyl sites for hydroxylation is 1. The van der Waals surface area contributed by atoms with Crippen LogP contribution in [0.2, 0.25) is 0 Å². The Bertz CT molecular complexity index is 538. The number of hydrogen-bond acceptors (Lipinski definition) is 5. The summed E-state index contributed by atoms with van der Waals surface area (Å²) in [6, 6.07) is 5.62. The van der Waals surface area contributed by atoms with E-state index in [0.717, 1.165) is 9.90 Å². The number of ketones is 1. The van der Waals surface area contributed by atoms with E-state index in [0.29, 0.717) is 17.1 Å². The number of nitrogens with zero attached hydrogens (tertiary/aromatic N) is 1. The minimum atomic E-state index is 0.0621. The first kappa shape index (κ1) is 13.1. The summed E-state index contributed by atoms with van der Waals surface area (Å²) in [7, 11) is 1.58. The molecule has 2 aromatic rings. The Balaban J connectivity index is 2.09. The summed E-state index contributed by atoms with van der Waals surface area (Å²) in [6.07, 6.45) is 1.74. The van der Waals surface area contributed by atoms with Crippen LogP contribution in [-0.4, -0.2) is 23.6 Å². The summed E-state index contributed by atoms with van der Waals surface area (Å²) in [5.41, 5.74) is 1.71. The van der Waals surface area contributed by atoms with E-state index in [4.69, 9.17) is 4.74 Å². The van der Waals surface area contributed by atoms with Gasteiger partial charge in [-0.15, -0.1) is 11.3 Å². The van der Waals surface area contributed by atoms with Crippen molar-refractivity contribution < 1.29 is 9.53 Å². The maximum Gasteiger partial charge on any atom is 0.176 e. The average molecular weight is 279 g/mol. The molecule has 94 valence electrons. The number of rotatable bonds is 5. The molecule has 18 heavy (non-hydrogen) atoms. The summed E-state index contributed by atoms with van der Waals surface area (Å²) in [4.78, 5) is 16.2. The van der Waals surface area contributed by atoms with Gasteiger partial charge in [0.25, 0.3) is 0 Å². The fourth-order valence-electron chi connectivity index (χ4n) is 1.52. The molecule has 0 saturated carbocycles. The lowest BCUT2D eigenvalue weighted by molar-refractivity contribution is 0.101. The molecular formula is C13H13NO2S2. The molecule has 5 heteroatoms. The molecule has 0 unspecified atom stereocenters. The van der Waals surface area contributed by atoms with E-state index in [1.807, 2.05) is 30.5 Å². The van der Waals surface area contributed by atoms with Crippen LogP contribution in [0, 0.1) is 6.92 Å². The van der Waals surface area contributed by atoms with E-state index in [9.17, 15) is 4.79 Å². The van der Waals surface area contributed by atoms with Crippen LogP contribution in [0.5, 0.6) is 5.75 Å². The smallest absolute Gasteiger partial charge is 0.176 e. The Labute approximate surface area is 114 Å². The third-order valence-corrected chi connectivity index (χ3v) is 4.36. The number of methoxy groups -OCH3 is 1. The topological polar surface area (TPSA) is 39.2 Å². The Morgan fingerprint density at radius 2 is 2.33 bits per heavy atom. The van der Waals surface area contributed by atoms with Gasteiger partial charge in [0.1, 0.15) is 10.1 Å². The number of carbonyl (C=O) groups excluding carboxylic acids is 1. The third-order valence-electron chi connectivity index (χ3n) is 2.39. The van der Waals surface area contributed by atoms with Crippen LogP contribution in [0.1, 0.15) is 15.9 Å². The highest BCUT2D eigenvalue weighted by Crippen LogP contribution is 2.25. The zero-order valence-corrected chi connectivity index (χ0v) is 11.8. The summed E-state index contributed by atoms with van der Waals surface area (Å²) in [5, 5.41) is 1.90. The van der Waals surface area contributed by atoms with Crippen molar-refractivity contribution in [2.45, 2.75) is 11.3 Å². The Morgan fingerprint density at radius 3 is 3.00 bits per heavy atom. The summed E-state index contributed by atoms with van der Waals surface area (Å²) in [5.74, 6) is 1.08. The van der Waals surface area contributed by atoms with Crippen LogP contribution in [0.15, 0.2) is 34.1 Å². The molecule has 1 aromatic carbocycles.